The number of carbonyl (C=O) groups excluding carboxylic acids is 1. The molecule has 0 saturated heterocycles. The minimum atomic E-state index is -0.531. The van der Waals surface area contributed by atoms with E-state index in [-0.39, 0.29) is 5.57 Å². The summed E-state index contributed by atoms with van der Waals surface area (Å²) < 4.78 is 13.1. The monoisotopic (exact) mass is 295 g/mol. The standard InChI is InChI=1S/C17H14FN3O/c1-12-4-2-7-16(8-12)21-17(22)13(10-19)11-20-15-6-3-5-14(18)9-15/h2-9,11,20H,1H3,(H,21,22)/b13-11-. The molecule has 0 bridgehead atoms. The van der Waals surface area contributed by atoms with Crippen LogP contribution in [0.5, 0.6) is 0 Å². The maximum absolute atomic E-state index is 13.1. The lowest BCUT2D eigenvalue weighted by Crippen LogP contribution is -2.14. The molecule has 22 heavy (non-hydrogen) atoms. The number of nitrogens with zero attached hydrogens (tertiary/aromatic N) is 1. The van der Waals surface area contributed by atoms with Gasteiger partial charge in [0.15, 0.2) is 0 Å². The molecular formula is C17H14FN3O. The van der Waals surface area contributed by atoms with E-state index in [1.165, 1.54) is 24.4 Å². The van der Waals surface area contributed by atoms with Gasteiger partial charge in [-0.25, -0.2) is 4.39 Å². The zero-order chi connectivity index (χ0) is 15.9. The summed E-state index contributed by atoms with van der Waals surface area (Å²) in [4.78, 5) is 12.0. The molecule has 0 aliphatic heterocycles. The number of rotatable bonds is 4. The molecule has 2 rings (SSSR count). The summed E-state index contributed by atoms with van der Waals surface area (Å²) in [6.45, 7) is 1.90. The summed E-state index contributed by atoms with van der Waals surface area (Å²) in [6.07, 6.45) is 1.25. The summed E-state index contributed by atoms with van der Waals surface area (Å²) in [7, 11) is 0. The van der Waals surface area contributed by atoms with Crippen LogP contribution in [-0.2, 0) is 4.79 Å². The highest BCUT2D eigenvalue weighted by Crippen LogP contribution is 2.12. The molecule has 0 unspecified atom stereocenters. The molecule has 0 fully saturated rings. The molecule has 0 spiro atoms. The minimum Gasteiger partial charge on any atom is -0.360 e. The van der Waals surface area contributed by atoms with Crippen molar-refractivity contribution in [3.05, 3.63) is 71.7 Å². The van der Waals surface area contributed by atoms with E-state index in [2.05, 4.69) is 10.6 Å². The van der Waals surface area contributed by atoms with Gasteiger partial charge in [-0.3, -0.25) is 4.79 Å². The summed E-state index contributed by atoms with van der Waals surface area (Å²) >= 11 is 0. The Balaban J connectivity index is 2.09. The highest BCUT2D eigenvalue weighted by molar-refractivity contribution is 6.06. The van der Waals surface area contributed by atoms with Gasteiger partial charge in [0, 0.05) is 17.6 Å². The normalized spacial score (nSPS) is 10.7. The van der Waals surface area contributed by atoms with E-state index in [0.29, 0.717) is 11.4 Å². The topological polar surface area (TPSA) is 64.9 Å². The van der Waals surface area contributed by atoms with Crippen LogP contribution < -0.4 is 10.6 Å². The van der Waals surface area contributed by atoms with Crippen molar-refractivity contribution < 1.29 is 9.18 Å². The molecule has 110 valence electrons. The molecule has 0 aromatic heterocycles. The molecule has 2 aromatic rings. The van der Waals surface area contributed by atoms with Gasteiger partial charge in [0.25, 0.3) is 5.91 Å². The fourth-order valence-corrected chi connectivity index (χ4v) is 1.80. The van der Waals surface area contributed by atoms with Crippen molar-refractivity contribution in [1.29, 1.82) is 5.26 Å². The van der Waals surface area contributed by atoms with Gasteiger partial charge in [-0.05, 0) is 42.8 Å². The molecule has 0 aliphatic rings. The number of hydrogen-bond acceptors (Lipinski definition) is 3. The molecule has 0 radical (unpaired) electrons. The second kappa shape index (κ2) is 7.04. The van der Waals surface area contributed by atoms with Crippen LogP contribution in [0.3, 0.4) is 0 Å². The number of carbonyl (C=O) groups is 1. The quantitative estimate of drug-likeness (QED) is 0.669. The van der Waals surface area contributed by atoms with E-state index in [1.807, 2.05) is 25.1 Å². The Morgan fingerprint density at radius 2 is 1.91 bits per heavy atom. The predicted molar refractivity (Wildman–Crippen MR) is 83.5 cm³/mol. The molecule has 0 atom stereocenters. The highest BCUT2D eigenvalue weighted by atomic mass is 19.1. The Morgan fingerprint density at radius 1 is 1.18 bits per heavy atom. The SMILES string of the molecule is Cc1cccc(NC(=O)/C(C#N)=C\Nc2cccc(F)c2)c1. The Morgan fingerprint density at radius 3 is 2.59 bits per heavy atom. The van der Waals surface area contributed by atoms with Gasteiger partial charge in [-0.2, -0.15) is 5.26 Å². The first-order chi connectivity index (χ1) is 10.6. The summed E-state index contributed by atoms with van der Waals surface area (Å²) in [6, 6.07) is 14.8. The first-order valence-corrected chi connectivity index (χ1v) is 6.59. The van der Waals surface area contributed by atoms with E-state index in [0.717, 1.165) is 5.56 Å². The maximum atomic E-state index is 13.1. The van der Waals surface area contributed by atoms with E-state index >= 15 is 0 Å². The molecular weight excluding hydrogens is 281 g/mol. The number of amides is 1. The van der Waals surface area contributed by atoms with Crippen LogP contribution in [-0.4, -0.2) is 5.91 Å². The molecule has 0 aliphatic carbocycles. The van der Waals surface area contributed by atoms with E-state index in [9.17, 15) is 9.18 Å². The zero-order valence-corrected chi connectivity index (χ0v) is 11.9. The van der Waals surface area contributed by atoms with Crippen LogP contribution in [0.25, 0.3) is 0 Å². The molecule has 1 amide bonds. The van der Waals surface area contributed by atoms with Crippen molar-refractivity contribution in [2.75, 3.05) is 10.6 Å². The first-order valence-electron chi connectivity index (χ1n) is 6.59. The third-order valence-corrected chi connectivity index (χ3v) is 2.85. The average molecular weight is 295 g/mol. The Hall–Kier alpha value is -3.13. The minimum absolute atomic E-state index is 0.106. The third kappa shape index (κ3) is 4.18. The average Bonchev–Trinajstić information content (AvgIpc) is 2.48. The van der Waals surface area contributed by atoms with Gasteiger partial charge in [0.1, 0.15) is 17.5 Å². The zero-order valence-electron chi connectivity index (χ0n) is 11.9. The van der Waals surface area contributed by atoms with Gasteiger partial charge < -0.3 is 10.6 Å². The number of nitriles is 1. The number of anilines is 2. The summed E-state index contributed by atoms with van der Waals surface area (Å²) in [5.41, 5.74) is 1.96. The Bertz CT molecular complexity index is 762. The van der Waals surface area contributed by atoms with Crippen LogP contribution in [0, 0.1) is 24.1 Å². The van der Waals surface area contributed by atoms with Crippen LogP contribution in [0.4, 0.5) is 15.8 Å². The molecule has 5 heteroatoms. The summed E-state index contributed by atoms with van der Waals surface area (Å²) in [5.74, 6) is -0.932. The van der Waals surface area contributed by atoms with Crippen molar-refractivity contribution in [3.63, 3.8) is 0 Å². The van der Waals surface area contributed by atoms with Crippen LogP contribution in [0.1, 0.15) is 5.56 Å². The Labute approximate surface area is 127 Å². The fourth-order valence-electron chi connectivity index (χ4n) is 1.80. The second-order valence-electron chi connectivity index (χ2n) is 4.65. The molecule has 0 heterocycles. The first kappa shape index (κ1) is 15.3. The van der Waals surface area contributed by atoms with Gasteiger partial charge >= 0.3 is 0 Å². The maximum Gasteiger partial charge on any atom is 0.267 e. The van der Waals surface area contributed by atoms with Crippen molar-refractivity contribution in [3.8, 4) is 6.07 Å². The van der Waals surface area contributed by atoms with E-state index in [4.69, 9.17) is 5.26 Å². The lowest BCUT2D eigenvalue weighted by molar-refractivity contribution is -0.112. The number of benzene rings is 2. The van der Waals surface area contributed by atoms with Crippen LogP contribution in [0.2, 0.25) is 0 Å². The third-order valence-electron chi connectivity index (χ3n) is 2.85. The van der Waals surface area contributed by atoms with Crippen LogP contribution >= 0.6 is 0 Å². The van der Waals surface area contributed by atoms with Crippen LogP contribution in [0.15, 0.2) is 60.3 Å². The Kier molecular flexibility index (Phi) is 4.89. The number of hydrogen-bond donors (Lipinski definition) is 2. The molecule has 0 saturated carbocycles. The second-order valence-corrected chi connectivity index (χ2v) is 4.65. The lowest BCUT2D eigenvalue weighted by Gasteiger charge is -2.06. The largest absolute Gasteiger partial charge is 0.360 e. The number of aryl methyl sites for hydroxylation is 1. The van der Waals surface area contributed by atoms with Gasteiger partial charge in [-0.1, -0.05) is 18.2 Å². The summed E-state index contributed by atoms with van der Waals surface area (Å²) in [5, 5.41) is 14.4. The smallest absolute Gasteiger partial charge is 0.267 e. The van der Waals surface area contributed by atoms with Gasteiger partial charge in [0.2, 0.25) is 0 Å². The molecule has 2 N–H and O–H groups in total. The van der Waals surface area contributed by atoms with E-state index < -0.39 is 11.7 Å². The van der Waals surface area contributed by atoms with Crippen molar-refractivity contribution in [1.82, 2.24) is 0 Å². The van der Waals surface area contributed by atoms with Gasteiger partial charge in [0.05, 0.1) is 0 Å². The fraction of sp³-hybridized carbons (Fsp3) is 0.0588. The van der Waals surface area contributed by atoms with Gasteiger partial charge in [-0.15, -0.1) is 0 Å². The number of nitrogens with one attached hydrogen (secondary N) is 2. The molecule has 4 nitrogen and oxygen atoms in total. The van der Waals surface area contributed by atoms with E-state index in [1.54, 1.807) is 18.2 Å². The lowest BCUT2D eigenvalue weighted by atomic mass is 10.2. The highest BCUT2D eigenvalue weighted by Gasteiger charge is 2.09. The molecule has 2 aromatic carbocycles. The number of halogens is 1. The predicted octanol–water partition coefficient (Wildman–Crippen LogP) is 3.59. The van der Waals surface area contributed by atoms with Crippen molar-refractivity contribution in [2.24, 2.45) is 0 Å². The van der Waals surface area contributed by atoms with Crippen molar-refractivity contribution >= 4 is 17.3 Å². The van der Waals surface area contributed by atoms with Crippen molar-refractivity contribution in [2.45, 2.75) is 6.92 Å².